The molecule has 2 nitrogen and oxygen atoms in total. The van der Waals surface area contributed by atoms with Gasteiger partial charge in [-0.3, -0.25) is 4.79 Å². The van der Waals surface area contributed by atoms with Crippen LogP contribution in [0.4, 0.5) is 0 Å². The van der Waals surface area contributed by atoms with Crippen LogP contribution in [-0.4, -0.2) is 5.91 Å². The molecule has 0 spiro atoms. The van der Waals surface area contributed by atoms with Crippen molar-refractivity contribution in [3.8, 4) is 0 Å². The van der Waals surface area contributed by atoms with E-state index in [0.717, 1.165) is 24.8 Å². The Bertz CT molecular complexity index is 307. The first-order chi connectivity index (χ1) is 10.6. The van der Waals surface area contributed by atoms with E-state index >= 15 is 0 Å². The predicted molar refractivity (Wildman–Crippen MR) is 97.9 cm³/mol. The van der Waals surface area contributed by atoms with Gasteiger partial charge in [-0.1, -0.05) is 83.6 Å². The van der Waals surface area contributed by atoms with Crippen LogP contribution in [0.5, 0.6) is 0 Å². The van der Waals surface area contributed by atoms with Crippen LogP contribution in [0.2, 0.25) is 0 Å². The Morgan fingerprint density at radius 2 is 1.09 bits per heavy atom. The molecule has 2 heteroatoms. The lowest BCUT2D eigenvalue weighted by Gasteiger charge is -2.10. The van der Waals surface area contributed by atoms with Gasteiger partial charge in [-0.2, -0.15) is 0 Å². The number of nitrogens with two attached hydrogens (primary N) is 1. The lowest BCUT2D eigenvalue weighted by molar-refractivity contribution is -0.114. The van der Waals surface area contributed by atoms with Crippen molar-refractivity contribution in [1.29, 1.82) is 0 Å². The number of primary amides is 1. The van der Waals surface area contributed by atoms with E-state index in [-0.39, 0.29) is 5.91 Å². The number of hydrogen-bond acceptors (Lipinski definition) is 1. The molecule has 0 aliphatic heterocycles. The van der Waals surface area contributed by atoms with E-state index < -0.39 is 0 Å². The molecule has 130 valence electrons. The third-order valence-corrected chi connectivity index (χ3v) is 4.50. The van der Waals surface area contributed by atoms with Crippen molar-refractivity contribution >= 4 is 5.91 Å². The highest BCUT2D eigenvalue weighted by Crippen LogP contribution is 2.19. The second-order valence-electron chi connectivity index (χ2n) is 6.66. The molecule has 0 aliphatic rings. The smallest absolute Gasteiger partial charge is 0.244 e. The zero-order valence-electron chi connectivity index (χ0n) is 15.4. The number of rotatable bonds is 15. The van der Waals surface area contributed by atoms with E-state index in [9.17, 15) is 4.79 Å². The average molecular weight is 310 g/mol. The Balaban J connectivity index is 3.97. The molecule has 0 bridgehead atoms. The van der Waals surface area contributed by atoms with Crippen molar-refractivity contribution in [2.45, 2.75) is 111 Å². The third-order valence-electron chi connectivity index (χ3n) is 4.50. The fourth-order valence-corrected chi connectivity index (χ4v) is 2.95. The molecular formula is C20H39NO. The van der Waals surface area contributed by atoms with Crippen molar-refractivity contribution in [3.63, 3.8) is 0 Å². The van der Waals surface area contributed by atoms with Gasteiger partial charge in [0.1, 0.15) is 0 Å². The van der Waals surface area contributed by atoms with E-state index in [4.69, 9.17) is 5.73 Å². The van der Waals surface area contributed by atoms with E-state index in [1.54, 1.807) is 0 Å². The molecule has 0 atom stereocenters. The van der Waals surface area contributed by atoms with Crippen LogP contribution in [0.1, 0.15) is 111 Å². The summed E-state index contributed by atoms with van der Waals surface area (Å²) < 4.78 is 0. The minimum Gasteiger partial charge on any atom is -0.366 e. The van der Waals surface area contributed by atoms with E-state index in [1.165, 1.54) is 76.2 Å². The molecular weight excluding hydrogens is 270 g/mol. The summed E-state index contributed by atoms with van der Waals surface area (Å²) in [6.07, 6.45) is 17.3. The summed E-state index contributed by atoms with van der Waals surface area (Å²) in [4.78, 5) is 11.6. The van der Waals surface area contributed by atoms with E-state index in [1.807, 2.05) is 0 Å². The lowest BCUT2D eigenvalue weighted by Crippen LogP contribution is -2.15. The van der Waals surface area contributed by atoms with Crippen LogP contribution in [0.3, 0.4) is 0 Å². The minimum atomic E-state index is -0.197. The second kappa shape index (κ2) is 15.1. The Kier molecular flexibility index (Phi) is 14.6. The third kappa shape index (κ3) is 11.8. The number of allylic oxidation sites excluding steroid dienone is 1. The topological polar surface area (TPSA) is 43.1 Å². The van der Waals surface area contributed by atoms with Crippen LogP contribution >= 0.6 is 0 Å². The zero-order valence-corrected chi connectivity index (χ0v) is 15.4. The van der Waals surface area contributed by atoms with Gasteiger partial charge in [-0.25, -0.2) is 0 Å². The molecule has 0 unspecified atom stereocenters. The maximum Gasteiger partial charge on any atom is 0.244 e. The summed E-state index contributed by atoms with van der Waals surface area (Å²) in [6.45, 7) is 6.58. The first-order valence-corrected chi connectivity index (χ1v) is 9.61. The van der Waals surface area contributed by atoms with Crippen LogP contribution < -0.4 is 5.73 Å². The molecule has 0 aromatic rings. The van der Waals surface area contributed by atoms with Gasteiger partial charge in [0.05, 0.1) is 0 Å². The Morgan fingerprint density at radius 1 is 0.682 bits per heavy atom. The quantitative estimate of drug-likeness (QED) is 0.280. The zero-order chi connectivity index (χ0) is 16.6. The standard InChI is InChI=1S/C20H39NO/c1-4-6-8-10-12-14-16-18(3)19(20(21)22)17-15-13-11-9-7-5-2/h4-17H2,1-3H3,(H2,21,22). The molecule has 2 N–H and O–H groups in total. The summed E-state index contributed by atoms with van der Waals surface area (Å²) in [5.41, 5.74) is 7.71. The van der Waals surface area contributed by atoms with Crippen molar-refractivity contribution in [2.75, 3.05) is 0 Å². The molecule has 0 heterocycles. The first kappa shape index (κ1) is 21.2. The molecule has 0 aromatic heterocycles. The number of unbranched alkanes of at least 4 members (excludes halogenated alkanes) is 10. The molecule has 0 rings (SSSR count). The highest BCUT2D eigenvalue weighted by atomic mass is 16.1. The largest absolute Gasteiger partial charge is 0.366 e. The van der Waals surface area contributed by atoms with Crippen molar-refractivity contribution in [1.82, 2.24) is 0 Å². The van der Waals surface area contributed by atoms with Crippen molar-refractivity contribution in [2.24, 2.45) is 5.73 Å². The fraction of sp³-hybridized carbons (Fsp3) is 0.850. The second-order valence-corrected chi connectivity index (χ2v) is 6.66. The maximum absolute atomic E-state index is 11.6. The Labute approximate surface area is 138 Å². The van der Waals surface area contributed by atoms with Crippen molar-refractivity contribution in [3.05, 3.63) is 11.1 Å². The van der Waals surface area contributed by atoms with E-state index in [0.29, 0.717) is 0 Å². The van der Waals surface area contributed by atoms with Gasteiger partial charge in [0.25, 0.3) is 0 Å². The molecule has 0 saturated heterocycles. The van der Waals surface area contributed by atoms with Gasteiger partial charge >= 0.3 is 0 Å². The highest BCUT2D eigenvalue weighted by molar-refractivity contribution is 5.92. The summed E-state index contributed by atoms with van der Waals surface area (Å²) in [6, 6.07) is 0. The van der Waals surface area contributed by atoms with Crippen LogP contribution in [0.15, 0.2) is 11.1 Å². The molecule has 22 heavy (non-hydrogen) atoms. The number of carbonyl (C=O) groups is 1. The molecule has 1 amide bonds. The molecule has 0 fully saturated rings. The number of hydrogen-bond donors (Lipinski definition) is 1. The number of amides is 1. The molecule has 0 aromatic carbocycles. The van der Waals surface area contributed by atoms with Crippen LogP contribution in [0, 0.1) is 0 Å². The fourth-order valence-electron chi connectivity index (χ4n) is 2.95. The molecule has 0 radical (unpaired) electrons. The Hall–Kier alpha value is -0.790. The molecule has 0 saturated carbocycles. The van der Waals surface area contributed by atoms with Gasteiger partial charge in [0.15, 0.2) is 0 Å². The normalized spacial score (nSPS) is 12.3. The van der Waals surface area contributed by atoms with Gasteiger partial charge in [-0.05, 0) is 32.6 Å². The van der Waals surface area contributed by atoms with Gasteiger partial charge < -0.3 is 5.73 Å². The highest BCUT2D eigenvalue weighted by Gasteiger charge is 2.09. The van der Waals surface area contributed by atoms with Crippen molar-refractivity contribution < 1.29 is 4.79 Å². The minimum absolute atomic E-state index is 0.197. The van der Waals surface area contributed by atoms with Crippen LogP contribution in [-0.2, 0) is 4.79 Å². The maximum atomic E-state index is 11.6. The van der Waals surface area contributed by atoms with Gasteiger partial charge in [-0.15, -0.1) is 0 Å². The van der Waals surface area contributed by atoms with E-state index in [2.05, 4.69) is 20.8 Å². The monoisotopic (exact) mass is 309 g/mol. The van der Waals surface area contributed by atoms with Gasteiger partial charge in [0.2, 0.25) is 5.91 Å². The number of carbonyl (C=O) groups excluding carboxylic acids is 1. The van der Waals surface area contributed by atoms with Gasteiger partial charge in [0, 0.05) is 5.57 Å². The summed E-state index contributed by atoms with van der Waals surface area (Å²) >= 11 is 0. The Morgan fingerprint density at radius 3 is 1.55 bits per heavy atom. The summed E-state index contributed by atoms with van der Waals surface area (Å²) in [5.74, 6) is -0.197. The lowest BCUT2D eigenvalue weighted by atomic mass is 9.97. The molecule has 0 aliphatic carbocycles. The summed E-state index contributed by atoms with van der Waals surface area (Å²) in [5, 5.41) is 0. The first-order valence-electron chi connectivity index (χ1n) is 9.61. The van der Waals surface area contributed by atoms with Crippen LogP contribution in [0.25, 0.3) is 0 Å². The summed E-state index contributed by atoms with van der Waals surface area (Å²) in [7, 11) is 0. The average Bonchev–Trinajstić information content (AvgIpc) is 2.49. The predicted octanol–water partition coefficient (Wildman–Crippen LogP) is 6.29. The SMILES string of the molecule is CCCCCCCCC(C)=C(CCCCCCCC)C(N)=O.